The van der Waals surface area contributed by atoms with Gasteiger partial charge in [0.15, 0.2) is 5.11 Å². The Morgan fingerprint density at radius 3 is 2.43 bits per heavy atom. The molecule has 1 N–H and O–H groups in total. The van der Waals surface area contributed by atoms with Gasteiger partial charge in [-0.05, 0) is 74.5 Å². The number of hydrogen-bond donors (Lipinski definition) is 1. The zero-order valence-corrected chi connectivity index (χ0v) is 23.0. The number of piperazine rings is 1. The van der Waals surface area contributed by atoms with Crippen LogP contribution in [0.5, 0.6) is 0 Å². The Hall–Kier alpha value is -2.01. The lowest BCUT2D eigenvalue weighted by molar-refractivity contribution is 0.0601. The molecule has 2 aromatic rings. The standard InChI is InChI=1S/C25H33N3O4S3/c1-17-10-11-18(2)21(16-17)35(30,31)28-14-12-27(13-15-28)25(33)26-23-22(24(29)32-3)19-8-6-4-5-7-9-20(19)34-23/h10-11,16H,4-9,12-15H2,1-3H3,(H,26,33). The molecule has 1 aromatic heterocycles. The van der Waals surface area contributed by atoms with Crippen molar-refractivity contribution in [2.24, 2.45) is 0 Å². The third-order valence-electron chi connectivity index (χ3n) is 6.77. The molecule has 0 spiro atoms. The quantitative estimate of drug-likeness (QED) is 0.456. The number of benzene rings is 1. The molecule has 10 heteroatoms. The number of sulfonamides is 1. The van der Waals surface area contributed by atoms with E-state index in [9.17, 15) is 13.2 Å². The molecule has 0 radical (unpaired) electrons. The van der Waals surface area contributed by atoms with Gasteiger partial charge in [0.2, 0.25) is 10.0 Å². The number of methoxy groups -OCH3 is 1. The number of fused-ring (bicyclic) bond motifs is 1. The summed E-state index contributed by atoms with van der Waals surface area (Å²) >= 11 is 7.29. The van der Waals surface area contributed by atoms with Crippen LogP contribution in [0.15, 0.2) is 23.1 Å². The van der Waals surface area contributed by atoms with Gasteiger partial charge in [-0.15, -0.1) is 11.3 Å². The second-order valence-corrected chi connectivity index (χ2v) is 12.6. The summed E-state index contributed by atoms with van der Waals surface area (Å²) in [5.41, 5.74) is 3.37. The van der Waals surface area contributed by atoms with Crippen molar-refractivity contribution >= 4 is 49.7 Å². The molecule has 1 fully saturated rings. The second-order valence-electron chi connectivity index (χ2n) is 9.20. The Labute approximate surface area is 217 Å². The summed E-state index contributed by atoms with van der Waals surface area (Å²) in [5.74, 6) is -0.335. The maximum absolute atomic E-state index is 13.3. The van der Waals surface area contributed by atoms with E-state index in [1.54, 1.807) is 17.4 Å². The Kier molecular flexibility index (Phi) is 8.15. The molecule has 0 unspecified atom stereocenters. The number of ether oxygens (including phenoxy) is 1. The average molecular weight is 536 g/mol. The molecule has 0 saturated carbocycles. The normalized spacial score (nSPS) is 17.3. The molecule has 1 aliphatic heterocycles. The minimum Gasteiger partial charge on any atom is -0.465 e. The Balaban J connectivity index is 1.47. The first kappa shape index (κ1) is 26.1. The van der Waals surface area contributed by atoms with Crippen molar-refractivity contribution in [1.29, 1.82) is 0 Å². The van der Waals surface area contributed by atoms with Gasteiger partial charge in [0, 0.05) is 31.1 Å². The average Bonchev–Trinajstić information content (AvgIpc) is 3.15. The van der Waals surface area contributed by atoms with E-state index in [1.807, 2.05) is 30.9 Å². The first-order chi connectivity index (χ1) is 16.7. The Morgan fingerprint density at radius 2 is 1.74 bits per heavy atom. The van der Waals surface area contributed by atoms with Crippen LogP contribution in [0, 0.1) is 13.8 Å². The van der Waals surface area contributed by atoms with Gasteiger partial charge in [0.05, 0.1) is 17.6 Å². The molecule has 1 aliphatic carbocycles. The number of carbonyl (C=O) groups is 1. The monoisotopic (exact) mass is 535 g/mol. The van der Waals surface area contributed by atoms with Crippen molar-refractivity contribution in [3.63, 3.8) is 0 Å². The molecule has 35 heavy (non-hydrogen) atoms. The lowest BCUT2D eigenvalue weighted by Crippen LogP contribution is -2.51. The summed E-state index contributed by atoms with van der Waals surface area (Å²) in [6.45, 7) is 5.38. The van der Waals surface area contributed by atoms with Crippen LogP contribution in [-0.4, -0.2) is 62.0 Å². The van der Waals surface area contributed by atoms with Gasteiger partial charge >= 0.3 is 5.97 Å². The molecular weight excluding hydrogens is 502 g/mol. The predicted octanol–water partition coefficient (Wildman–Crippen LogP) is 4.51. The molecule has 1 aromatic carbocycles. The van der Waals surface area contributed by atoms with Gasteiger partial charge in [-0.2, -0.15) is 4.31 Å². The summed E-state index contributed by atoms with van der Waals surface area (Å²) in [6, 6.07) is 5.51. The molecule has 1 saturated heterocycles. The second kappa shape index (κ2) is 10.9. The van der Waals surface area contributed by atoms with Gasteiger partial charge < -0.3 is 15.0 Å². The lowest BCUT2D eigenvalue weighted by atomic mass is 9.96. The minimum absolute atomic E-state index is 0.335. The number of thiocarbonyl (C=S) groups is 1. The van der Waals surface area contributed by atoms with E-state index in [2.05, 4.69) is 5.32 Å². The third kappa shape index (κ3) is 5.55. The van der Waals surface area contributed by atoms with Crippen LogP contribution >= 0.6 is 23.6 Å². The number of anilines is 1. The summed E-state index contributed by atoms with van der Waals surface area (Å²) in [4.78, 5) is 16.3. The molecule has 0 atom stereocenters. The van der Waals surface area contributed by atoms with Crippen LogP contribution in [0.4, 0.5) is 5.00 Å². The number of nitrogens with one attached hydrogen (secondary N) is 1. The highest BCUT2D eigenvalue weighted by Crippen LogP contribution is 2.37. The van der Waals surface area contributed by atoms with Crippen LogP contribution in [-0.2, 0) is 27.6 Å². The summed E-state index contributed by atoms with van der Waals surface area (Å²) < 4.78 is 33.2. The van der Waals surface area contributed by atoms with Crippen molar-refractivity contribution in [2.75, 3.05) is 38.6 Å². The number of hydrogen-bond acceptors (Lipinski definition) is 6. The highest BCUT2D eigenvalue weighted by Gasteiger charge is 2.31. The smallest absolute Gasteiger partial charge is 0.341 e. The van der Waals surface area contributed by atoms with Crippen LogP contribution in [0.25, 0.3) is 0 Å². The van der Waals surface area contributed by atoms with Crippen LogP contribution in [0.2, 0.25) is 0 Å². The van der Waals surface area contributed by atoms with E-state index in [4.69, 9.17) is 17.0 Å². The van der Waals surface area contributed by atoms with Crippen molar-refractivity contribution in [2.45, 2.75) is 57.3 Å². The molecule has 190 valence electrons. The first-order valence-electron chi connectivity index (χ1n) is 12.1. The lowest BCUT2D eigenvalue weighted by Gasteiger charge is -2.35. The van der Waals surface area contributed by atoms with Crippen LogP contribution in [0.3, 0.4) is 0 Å². The largest absolute Gasteiger partial charge is 0.465 e. The zero-order valence-electron chi connectivity index (χ0n) is 20.6. The van der Waals surface area contributed by atoms with Crippen molar-refractivity contribution < 1.29 is 17.9 Å². The first-order valence-corrected chi connectivity index (χ1v) is 14.7. The number of nitrogens with zero attached hydrogens (tertiary/aromatic N) is 2. The number of aryl methyl sites for hydroxylation is 3. The van der Waals surface area contributed by atoms with E-state index in [-0.39, 0.29) is 5.97 Å². The molecular formula is C25H33N3O4S3. The highest BCUT2D eigenvalue weighted by molar-refractivity contribution is 7.89. The van der Waals surface area contributed by atoms with Crippen molar-refractivity contribution in [1.82, 2.24) is 9.21 Å². The molecule has 7 nitrogen and oxygen atoms in total. The molecule has 0 bridgehead atoms. The van der Waals surface area contributed by atoms with Gasteiger partial charge in [0.1, 0.15) is 5.00 Å². The fraction of sp³-hybridized carbons (Fsp3) is 0.520. The van der Waals surface area contributed by atoms with E-state index in [0.717, 1.165) is 47.4 Å². The Morgan fingerprint density at radius 1 is 1.06 bits per heavy atom. The topological polar surface area (TPSA) is 79.0 Å². The number of thiophene rings is 1. The molecule has 0 amide bonds. The molecule has 4 rings (SSSR count). The van der Waals surface area contributed by atoms with E-state index in [0.29, 0.717) is 41.8 Å². The minimum atomic E-state index is -3.57. The fourth-order valence-corrected chi connectivity index (χ4v) is 8.12. The molecule has 2 aliphatic rings. The van der Waals surface area contributed by atoms with Crippen LogP contribution < -0.4 is 5.32 Å². The van der Waals surface area contributed by atoms with E-state index < -0.39 is 10.0 Å². The maximum Gasteiger partial charge on any atom is 0.341 e. The fourth-order valence-electron chi connectivity index (χ4n) is 4.76. The van der Waals surface area contributed by atoms with Gasteiger partial charge in [-0.3, -0.25) is 0 Å². The zero-order chi connectivity index (χ0) is 25.2. The highest BCUT2D eigenvalue weighted by atomic mass is 32.2. The number of carbonyl (C=O) groups excluding carboxylic acids is 1. The molecule has 2 heterocycles. The summed E-state index contributed by atoms with van der Waals surface area (Å²) in [5, 5.41) is 4.55. The van der Waals surface area contributed by atoms with Gasteiger partial charge in [-0.1, -0.05) is 25.0 Å². The third-order valence-corrected chi connectivity index (χ3v) is 10.4. The van der Waals surface area contributed by atoms with E-state index >= 15 is 0 Å². The number of esters is 1. The maximum atomic E-state index is 13.3. The van der Waals surface area contributed by atoms with E-state index in [1.165, 1.54) is 29.1 Å². The van der Waals surface area contributed by atoms with Gasteiger partial charge in [0.25, 0.3) is 0 Å². The Bertz CT molecular complexity index is 1210. The number of rotatable bonds is 4. The van der Waals surface area contributed by atoms with Crippen LogP contribution in [0.1, 0.15) is 57.6 Å². The summed E-state index contributed by atoms with van der Waals surface area (Å²) in [7, 11) is -2.16. The van der Waals surface area contributed by atoms with Crippen molar-refractivity contribution in [3.05, 3.63) is 45.3 Å². The SMILES string of the molecule is COC(=O)c1c(NC(=S)N2CCN(S(=O)(=O)c3cc(C)ccc3C)CC2)sc2c1CCCCCC2. The predicted molar refractivity (Wildman–Crippen MR) is 144 cm³/mol. The summed E-state index contributed by atoms with van der Waals surface area (Å²) in [6.07, 6.45) is 6.41. The van der Waals surface area contributed by atoms with Gasteiger partial charge in [-0.25, -0.2) is 13.2 Å². The van der Waals surface area contributed by atoms with Crippen molar-refractivity contribution in [3.8, 4) is 0 Å².